The number of nitrogens with one attached hydrogen (secondary N) is 2. The minimum Gasteiger partial charge on any atom is -0.322 e. The van der Waals surface area contributed by atoms with E-state index in [9.17, 15) is 14.0 Å². The molecular weight excluding hydrogens is 401 g/mol. The predicted molar refractivity (Wildman–Crippen MR) is 109 cm³/mol. The number of thioether (sulfide) groups is 1. The highest BCUT2D eigenvalue weighted by atomic mass is 35.5. The molecule has 2 N–H and O–H groups in total. The molecule has 2 aromatic carbocycles. The van der Waals surface area contributed by atoms with Crippen molar-refractivity contribution in [3.05, 3.63) is 83.3 Å². The SMILES string of the molecule is O=C(CSc1ccc(NC(=O)c2ccc(F)cc2)cc1)Nc1ccc(Cl)cn1. The maximum absolute atomic E-state index is 12.9. The average molecular weight is 416 g/mol. The van der Waals surface area contributed by atoms with Crippen LogP contribution in [-0.4, -0.2) is 22.6 Å². The summed E-state index contributed by atoms with van der Waals surface area (Å²) in [6.07, 6.45) is 1.46. The van der Waals surface area contributed by atoms with Crippen molar-refractivity contribution in [2.75, 3.05) is 16.4 Å². The molecule has 0 fully saturated rings. The second-order valence-electron chi connectivity index (χ2n) is 5.68. The molecule has 0 atom stereocenters. The van der Waals surface area contributed by atoms with E-state index in [1.807, 2.05) is 0 Å². The van der Waals surface area contributed by atoms with Crippen molar-refractivity contribution in [2.24, 2.45) is 0 Å². The lowest BCUT2D eigenvalue weighted by Gasteiger charge is -2.07. The molecule has 5 nitrogen and oxygen atoms in total. The zero-order valence-corrected chi connectivity index (χ0v) is 16.1. The largest absolute Gasteiger partial charge is 0.322 e. The lowest BCUT2D eigenvalue weighted by atomic mass is 10.2. The molecule has 0 saturated heterocycles. The molecule has 8 heteroatoms. The first-order valence-electron chi connectivity index (χ1n) is 8.21. The van der Waals surface area contributed by atoms with Gasteiger partial charge in [-0.15, -0.1) is 11.8 Å². The molecule has 0 aliphatic heterocycles. The van der Waals surface area contributed by atoms with Crippen molar-refractivity contribution in [1.29, 1.82) is 0 Å². The van der Waals surface area contributed by atoms with E-state index < -0.39 is 5.82 Å². The summed E-state index contributed by atoms with van der Waals surface area (Å²) < 4.78 is 12.9. The van der Waals surface area contributed by atoms with Gasteiger partial charge in [0.15, 0.2) is 0 Å². The van der Waals surface area contributed by atoms with Crippen LogP contribution in [0.4, 0.5) is 15.9 Å². The third kappa shape index (κ3) is 5.80. The summed E-state index contributed by atoms with van der Waals surface area (Å²) in [5.74, 6) is -0.252. The number of rotatable bonds is 6. The van der Waals surface area contributed by atoms with Gasteiger partial charge < -0.3 is 10.6 Å². The number of amides is 2. The summed E-state index contributed by atoms with van der Waals surface area (Å²) in [7, 11) is 0. The van der Waals surface area contributed by atoms with E-state index in [0.29, 0.717) is 22.1 Å². The van der Waals surface area contributed by atoms with Crippen LogP contribution in [-0.2, 0) is 4.79 Å². The van der Waals surface area contributed by atoms with Gasteiger partial charge >= 0.3 is 0 Å². The minimum absolute atomic E-state index is 0.187. The van der Waals surface area contributed by atoms with Crippen molar-refractivity contribution in [1.82, 2.24) is 4.98 Å². The van der Waals surface area contributed by atoms with Gasteiger partial charge in [0.25, 0.3) is 5.91 Å². The van der Waals surface area contributed by atoms with Gasteiger partial charge in [-0.25, -0.2) is 9.37 Å². The third-order valence-corrected chi connectivity index (χ3v) is 4.82. The van der Waals surface area contributed by atoms with E-state index >= 15 is 0 Å². The molecular formula is C20H15ClFN3O2S. The van der Waals surface area contributed by atoms with Crippen LogP contribution >= 0.6 is 23.4 Å². The van der Waals surface area contributed by atoms with E-state index in [1.165, 1.54) is 42.2 Å². The Morgan fingerprint density at radius 3 is 2.32 bits per heavy atom. The van der Waals surface area contributed by atoms with Gasteiger partial charge in [-0.2, -0.15) is 0 Å². The van der Waals surface area contributed by atoms with E-state index in [1.54, 1.807) is 36.4 Å². The van der Waals surface area contributed by atoms with Crippen molar-refractivity contribution in [3.8, 4) is 0 Å². The summed E-state index contributed by atoms with van der Waals surface area (Å²) in [5, 5.41) is 5.92. The molecule has 0 saturated carbocycles. The number of aromatic nitrogens is 1. The highest BCUT2D eigenvalue weighted by Crippen LogP contribution is 2.21. The maximum Gasteiger partial charge on any atom is 0.255 e. The second kappa shape index (κ2) is 9.34. The normalized spacial score (nSPS) is 10.4. The average Bonchev–Trinajstić information content (AvgIpc) is 2.70. The molecule has 1 heterocycles. The van der Waals surface area contributed by atoms with Crippen LogP contribution in [0.5, 0.6) is 0 Å². The molecule has 0 aliphatic rings. The van der Waals surface area contributed by atoms with Gasteiger partial charge in [0.1, 0.15) is 11.6 Å². The van der Waals surface area contributed by atoms with Crippen molar-refractivity contribution in [3.63, 3.8) is 0 Å². The number of hydrogen-bond donors (Lipinski definition) is 2. The van der Waals surface area contributed by atoms with Crippen molar-refractivity contribution < 1.29 is 14.0 Å². The Hall–Kier alpha value is -2.90. The molecule has 3 rings (SSSR count). The molecule has 3 aromatic rings. The fourth-order valence-corrected chi connectivity index (χ4v) is 3.03. The first-order valence-corrected chi connectivity index (χ1v) is 9.57. The molecule has 2 amide bonds. The molecule has 0 bridgehead atoms. The number of anilines is 2. The van der Waals surface area contributed by atoms with Crippen LogP contribution in [0.1, 0.15) is 10.4 Å². The maximum atomic E-state index is 12.9. The van der Waals surface area contributed by atoms with Crippen LogP contribution in [0.3, 0.4) is 0 Å². The highest BCUT2D eigenvalue weighted by molar-refractivity contribution is 8.00. The van der Waals surface area contributed by atoms with Crippen LogP contribution in [0.25, 0.3) is 0 Å². The number of pyridine rings is 1. The van der Waals surface area contributed by atoms with Crippen LogP contribution in [0, 0.1) is 5.82 Å². The fraction of sp³-hybridized carbons (Fsp3) is 0.0500. The smallest absolute Gasteiger partial charge is 0.255 e. The monoisotopic (exact) mass is 415 g/mol. The fourth-order valence-electron chi connectivity index (χ4n) is 2.22. The summed E-state index contributed by atoms with van der Waals surface area (Å²) in [5.41, 5.74) is 0.973. The Bertz CT molecular complexity index is 964. The first-order chi connectivity index (χ1) is 13.5. The van der Waals surface area contributed by atoms with Crippen LogP contribution in [0.15, 0.2) is 71.8 Å². The summed E-state index contributed by atoms with van der Waals surface area (Å²) in [6, 6.07) is 15.7. The Morgan fingerprint density at radius 2 is 1.68 bits per heavy atom. The molecule has 0 spiro atoms. The van der Waals surface area contributed by atoms with E-state index in [2.05, 4.69) is 15.6 Å². The van der Waals surface area contributed by atoms with Crippen LogP contribution in [0.2, 0.25) is 5.02 Å². The topological polar surface area (TPSA) is 71.1 Å². The van der Waals surface area contributed by atoms with E-state index in [0.717, 1.165) is 4.90 Å². The summed E-state index contributed by atoms with van der Waals surface area (Å²) >= 11 is 7.11. The van der Waals surface area contributed by atoms with E-state index in [-0.39, 0.29) is 17.6 Å². The third-order valence-electron chi connectivity index (χ3n) is 3.58. The number of hydrogen-bond acceptors (Lipinski definition) is 4. The van der Waals surface area contributed by atoms with Crippen molar-refractivity contribution in [2.45, 2.75) is 4.90 Å². The van der Waals surface area contributed by atoms with Crippen molar-refractivity contribution >= 4 is 46.7 Å². The molecule has 0 unspecified atom stereocenters. The number of benzene rings is 2. The lowest BCUT2D eigenvalue weighted by Crippen LogP contribution is -2.14. The van der Waals surface area contributed by atoms with Gasteiger partial charge in [-0.05, 0) is 60.7 Å². The Kier molecular flexibility index (Phi) is 6.62. The first kappa shape index (κ1) is 19.9. The Balaban J connectivity index is 1.49. The Labute approximate surface area is 170 Å². The quantitative estimate of drug-likeness (QED) is 0.564. The standard InChI is InChI=1S/C20H15ClFN3O2S/c21-14-3-10-18(23-11-14)25-19(26)12-28-17-8-6-16(7-9-17)24-20(27)13-1-4-15(22)5-2-13/h1-11H,12H2,(H,24,27)(H,23,25,26). The summed E-state index contributed by atoms with van der Waals surface area (Å²) in [6.45, 7) is 0. The lowest BCUT2D eigenvalue weighted by molar-refractivity contribution is -0.113. The molecule has 0 aliphatic carbocycles. The predicted octanol–water partition coefficient (Wildman–Crippen LogP) is 4.86. The minimum atomic E-state index is -0.395. The molecule has 28 heavy (non-hydrogen) atoms. The number of carbonyl (C=O) groups excluding carboxylic acids is 2. The molecule has 1 aromatic heterocycles. The molecule has 142 valence electrons. The second-order valence-corrected chi connectivity index (χ2v) is 7.17. The van der Waals surface area contributed by atoms with E-state index in [4.69, 9.17) is 11.6 Å². The number of carbonyl (C=O) groups is 2. The number of nitrogens with zero attached hydrogens (tertiary/aromatic N) is 1. The van der Waals surface area contributed by atoms with Gasteiger partial charge in [-0.1, -0.05) is 11.6 Å². The Morgan fingerprint density at radius 1 is 0.964 bits per heavy atom. The zero-order chi connectivity index (χ0) is 19.9. The van der Waals surface area contributed by atoms with Gasteiger partial charge in [0, 0.05) is 22.3 Å². The zero-order valence-electron chi connectivity index (χ0n) is 14.5. The number of halogens is 2. The van der Waals surface area contributed by atoms with Gasteiger partial charge in [-0.3, -0.25) is 9.59 Å². The van der Waals surface area contributed by atoms with Crippen LogP contribution < -0.4 is 10.6 Å². The highest BCUT2D eigenvalue weighted by Gasteiger charge is 2.07. The van der Waals surface area contributed by atoms with Gasteiger partial charge in [0.2, 0.25) is 5.91 Å². The molecule has 0 radical (unpaired) electrons. The van der Waals surface area contributed by atoms with Gasteiger partial charge in [0.05, 0.1) is 10.8 Å². The summed E-state index contributed by atoms with van der Waals surface area (Å²) in [4.78, 5) is 29.0.